The van der Waals surface area contributed by atoms with Gasteiger partial charge in [0.1, 0.15) is 5.58 Å². The molecule has 0 amide bonds. The van der Waals surface area contributed by atoms with Gasteiger partial charge in [0.05, 0.1) is 5.69 Å². The van der Waals surface area contributed by atoms with Crippen molar-refractivity contribution in [3.05, 3.63) is 237 Å². The van der Waals surface area contributed by atoms with Crippen molar-refractivity contribution in [1.82, 2.24) is 0 Å². The van der Waals surface area contributed by atoms with Crippen LogP contribution in [0.4, 0.5) is 17.1 Å². The summed E-state index contributed by atoms with van der Waals surface area (Å²) in [5.41, 5.74) is 14.4. The third-order valence-corrected chi connectivity index (χ3v) is 12.4. The molecular weight excluding hydrogens is 751 g/mol. The fourth-order valence-electron chi connectivity index (χ4n) is 9.63. The molecule has 0 atom stereocenters. The van der Waals surface area contributed by atoms with E-state index in [2.05, 4.69) is 235 Å². The molecule has 2 heteroatoms. The second-order valence-corrected chi connectivity index (χ2v) is 16.0. The monoisotopic (exact) mass is 789 g/mol. The summed E-state index contributed by atoms with van der Waals surface area (Å²) in [5, 5.41) is 9.70. The van der Waals surface area contributed by atoms with E-state index in [1.165, 1.54) is 65.7 Å². The molecule has 0 saturated carbocycles. The first-order chi connectivity index (χ1) is 30.8. The number of anilines is 3. The summed E-state index contributed by atoms with van der Waals surface area (Å²) >= 11 is 0. The van der Waals surface area contributed by atoms with Gasteiger partial charge in [-0.3, -0.25) is 0 Å². The van der Waals surface area contributed by atoms with E-state index in [0.717, 1.165) is 50.1 Å². The van der Waals surface area contributed by atoms with Gasteiger partial charge in [-0.15, -0.1) is 0 Å². The summed E-state index contributed by atoms with van der Waals surface area (Å²) in [6, 6.07) is 85.4. The maximum atomic E-state index is 6.70. The number of furan rings is 1. The van der Waals surface area contributed by atoms with Gasteiger partial charge in [-0.2, -0.15) is 0 Å². The lowest BCUT2D eigenvalue weighted by molar-refractivity contribution is 0.669. The highest BCUT2D eigenvalue weighted by Crippen LogP contribution is 2.47. The first-order valence-electron chi connectivity index (χ1n) is 21.3. The Hall–Kier alpha value is -8.20. The van der Waals surface area contributed by atoms with E-state index in [1.54, 1.807) is 0 Å². The number of nitrogens with zero attached hydrogens (tertiary/aromatic N) is 1. The van der Waals surface area contributed by atoms with Crippen LogP contribution in [-0.4, -0.2) is 0 Å². The largest absolute Gasteiger partial charge is 0.454 e. The zero-order chi connectivity index (χ0) is 41.0. The van der Waals surface area contributed by atoms with Gasteiger partial charge < -0.3 is 9.32 Å². The average Bonchev–Trinajstić information content (AvgIpc) is 3.74. The minimum absolute atomic E-state index is 0.857. The minimum Gasteiger partial charge on any atom is -0.454 e. The highest BCUT2D eigenvalue weighted by atomic mass is 16.3. The van der Waals surface area contributed by atoms with E-state index in [4.69, 9.17) is 4.42 Å². The molecule has 0 aliphatic heterocycles. The molecule has 0 bridgehead atoms. The highest BCUT2D eigenvalue weighted by molar-refractivity contribution is 6.21. The summed E-state index contributed by atoms with van der Waals surface area (Å²) in [7, 11) is 0. The van der Waals surface area contributed by atoms with E-state index < -0.39 is 0 Å². The molecule has 11 aromatic carbocycles. The minimum atomic E-state index is 0.857. The molecule has 12 aromatic rings. The van der Waals surface area contributed by atoms with Crippen LogP contribution in [0.15, 0.2) is 241 Å². The highest BCUT2D eigenvalue weighted by Gasteiger charge is 2.21. The summed E-state index contributed by atoms with van der Waals surface area (Å²) in [4.78, 5) is 2.34. The van der Waals surface area contributed by atoms with Gasteiger partial charge in [0.2, 0.25) is 0 Å². The number of hydrogen-bond acceptors (Lipinski definition) is 2. The van der Waals surface area contributed by atoms with Crippen molar-refractivity contribution in [2.75, 3.05) is 4.90 Å². The van der Waals surface area contributed by atoms with E-state index >= 15 is 0 Å². The van der Waals surface area contributed by atoms with Crippen LogP contribution in [0.3, 0.4) is 0 Å². The van der Waals surface area contributed by atoms with Gasteiger partial charge in [-0.1, -0.05) is 194 Å². The predicted molar refractivity (Wildman–Crippen MR) is 263 cm³/mol. The molecule has 1 heterocycles. The zero-order valence-electron chi connectivity index (χ0n) is 33.9. The van der Waals surface area contributed by atoms with Crippen LogP contribution in [-0.2, 0) is 0 Å². The van der Waals surface area contributed by atoms with Gasteiger partial charge in [0.15, 0.2) is 5.58 Å². The van der Waals surface area contributed by atoms with E-state index in [9.17, 15) is 0 Å². The average molecular weight is 790 g/mol. The molecule has 0 unspecified atom stereocenters. The molecular formula is C60H39NO. The number of para-hydroxylation sites is 2. The summed E-state index contributed by atoms with van der Waals surface area (Å²) in [5.74, 6) is 0. The standard InChI is InChI=1S/C60H39NO/c1-2-17-42(18-3-1)58-53-28-8-6-25-50(53)51-26-7-9-29-54(51)59(58)45-22-12-20-43(38-45)44-21-13-23-47(39-44)61(56-32-15-31-55-52-27-10-11-33-57(52)62-60(55)56)46-36-34-41(35-37-46)49-30-14-19-40-16-4-5-24-48(40)49/h1-39H. The van der Waals surface area contributed by atoms with Crippen LogP contribution >= 0.6 is 0 Å². The van der Waals surface area contributed by atoms with Gasteiger partial charge in [-0.05, 0) is 119 Å². The lowest BCUT2D eigenvalue weighted by atomic mass is 9.84. The lowest BCUT2D eigenvalue weighted by Gasteiger charge is -2.26. The van der Waals surface area contributed by atoms with Gasteiger partial charge in [-0.25, -0.2) is 0 Å². The van der Waals surface area contributed by atoms with Crippen molar-refractivity contribution < 1.29 is 4.42 Å². The molecule has 62 heavy (non-hydrogen) atoms. The van der Waals surface area contributed by atoms with Crippen molar-refractivity contribution in [2.24, 2.45) is 0 Å². The molecule has 12 rings (SSSR count). The number of benzene rings is 11. The van der Waals surface area contributed by atoms with Gasteiger partial charge in [0, 0.05) is 22.1 Å². The van der Waals surface area contributed by atoms with Crippen LogP contribution in [0.5, 0.6) is 0 Å². The second-order valence-electron chi connectivity index (χ2n) is 16.0. The van der Waals surface area contributed by atoms with E-state index in [0.29, 0.717) is 0 Å². The Kier molecular flexibility index (Phi) is 8.53. The summed E-state index contributed by atoms with van der Waals surface area (Å²) in [6.45, 7) is 0. The molecule has 0 radical (unpaired) electrons. The van der Waals surface area contributed by atoms with Crippen molar-refractivity contribution >= 4 is 71.3 Å². The Balaban J connectivity index is 1.03. The molecule has 290 valence electrons. The maximum absolute atomic E-state index is 6.70. The first-order valence-corrected chi connectivity index (χ1v) is 21.3. The zero-order valence-corrected chi connectivity index (χ0v) is 33.9. The topological polar surface area (TPSA) is 16.4 Å². The molecule has 0 aliphatic carbocycles. The second kappa shape index (κ2) is 14.8. The molecule has 0 fully saturated rings. The normalized spacial score (nSPS) is 11.5. The first kappa shape index (κ1) is 35.7. The summed E-state index contributed by atoms with van der Waals surface area (Å²) < 4.78 is 6.70. The quantitative estimate of drug-likeness (QED) is 0.150. The molecule has 1 aromatic heterocycles. The van der Waals surface area contributed by atoms with Crippen molar-refractivity contribution in [3.63, 3.8) is 0 Å². The maximum Gasteiger partial charge on any atom is 0.159 e. The van der Waals surface area contributed by atoms with Crippen LogP contribution in [0.1, 0.15) is 0 Å². The van der Waals surface area contributed by atoms with Crippen molar-refractivity contribution in [2.45, 2.75) is 0 Å². The predicted octanol–water partition coefficient (Wildman–Crippen LogP) is 17.2. The number of hydrogen-bond donors (Lipinski definition) is 0. The third-order valence-electron chi connectivity index (χ3n) is 12.4. The third kappa shape index (κ3) is 5.96. The fourth-order valence-corrected chi connectivity index (χ4v) is 9.63. The van der Waals surface area contributed by atoms with Crippen molar-refractivity contribution in [3.8, 4) is 44.5 Å². The smallest absolute Gasteiger partial charge is 0.159 e. The lowest BCUT2D eigenvalue weighted by Crippen LogP contribution is -2.10. The van der Waals surface area contributed by atoms with Crippen LogP contribution in [0.2, 0.25) is 0 Å². The van der Waals surface area contributed by atoms with Gasteiger partial charge in [0.25, 0.3) is 0 Å². The number of rotatable bonds is 7. The van der Waals surface area contributed by atoms with Crippen LogP contribution < -0.4 is 4.90 Å². The molecule has 2 nitrogen and oxygen atoms in total. The fraction of sp³-hybridized carbons (Fsp3) is 0. The Morgan fingerprint density at radius 2 is 0.823 bits per heavy atom. The Morgan fingerprint density at radius 3 is 1.60 bits per heavy atom. The molecule has 0 N–H and O–H groups in total. The van der Waals surface area contributed by atoms with E-state index in [1.807, 2.05) is 6.07 Å². The molecule has 0 saturated heterocycles. The van der Waals surface area contributed by atoms with E-state index in [-0.39, 0.29) is 0 Å². The van der Waals surface area contributed by atoms with Crippen LogP contribution in [0.25, 0.3) is 98.8 Å². The summed E-state index contributed by atoms with van der Waals surface area (Å²) in [6.07, 6.45) is 0. The Morgan fingerprint density at radius 1 is 0.290 bits per heavy atom. The SMILES string of the molecule is c1ccc(-c2c(-c3cccc(-c4cccc(N(c5ccc(-c6cccc7ccccc67)cc5)c5cccc6c5oc5ccccc56)c4)c3)c3ccccc3c3ccccc23)cc1. The van der Waals surface area contributed by atoms with Gasteiger partial charge >= 0.3 is 0 Å². The Bertz CT molecular complexity index is 3630. The van der Waals surface area contributed by atoms with Crippen LogP contribution in [0, 0.1) is 0 Å². The number of fused-ring (bicyclic) bond motifs is 7. The van der Waals surface area contributed by atoms with Crippen molar-refractivity contribution in [1.29, 1.82) is 0 Å². The Labute approximate surface area is 360 Å². The molecule has 0 aliphatic rings. The molecule has 0 spiro atoms.